The Morgan fingerprint density at radius 2 is 1.95 bits per heavy atom. The third-order valence-electron chi connectivity index (χ3n) is 2.83. The van der Waals surface area contributed by atoms with E-state index in [0.717, 1.165) is 16.9 Å². The highest BCUT2D eigenvalue weighted by molar-refractivity contribution is 9.10. The molecule has 0 spiro atoms. The van der Waals surface area contributed by atoms with E-state index in [4.69, 9.17) is 10.5 Å². The molecule has 2 aromatic rings. The summed E-state index contributed by atoms with van der Waals surface area (Å²) < 4.78 is 19.1. The Hall–Kier alpha value is -1.39. The number of benzene rings is 2. The summed E-state index contributed by atoms with van der Waals surface area (Å²) >= 11 is 3.17. The maximum atomic E-state index is 13.2. The van der Waals surface area contributed by atoms with Gasteiger partial charge in [-0.1, -0.05) is 18.2 Å². The molecular formula is C15H15BrFNO. The van der Waals surface area contributed by atoms with E-state index >= 15 is 0 Å². The van der Waals surface area contributed by atoms with E-state index in [1.807, 2.05) is 31.2 Å². The highest BCUT2D eigenvalue weighted by atomic mass is 79.9. The van der Waals surface area contributed by atoms with Crippen LogP contribution in [0.3, 0.4) is 0 Å². The molecule has 1 atom stereocenters. The maximum Gasteiger partial charge on any atom is 0.137 e. The molecule has 0 bridgehead atoms. The average molecular weight is 324 g/mol. The Labute approximate surface area is 120 Å². The van der Waals surface area contributed by atoms with Crippen LogP contribution in [0.2, 0.25) is 0 Å². The van der Waals surface area contributed by atoms with Crippen molar-refractivity contribution < 1.29 is 9.13 Å². The number of hydrogen-bond acceptors (Lipinski definition) is 2. The van der Waals surface area contributed by atoms with E-state index < -0.39 is 0 Å². The lowest BCUT2D eigenvalue weighted by Gasteiger charge is -2.14. The Balaban J connectivity index is 2.29. The number of halogens is 2. The highest BCUT2D eigenvalue weighted by Gasteiger charge is 2.11. The Kier molecular flexibility index (Phi) is 4.56. The van der Waals surface area contributed by atoms with Crippen LogP contribution in [0.5, 0.6) is 5.75 Å². The van der Waals surface area contributed by atoms with Crippen LogP contribution in [-0.2, 0) is 0 Å². The van der Waals surface area contributed by atoms with E-state index in [-0.39, 0.29) is 11.9 Å². The molecule has 2 N–H and O–H groups in total. The second kappa shape index (κ2) is 6.17. The van der Waals surface area contributed by atoms with Gasteiger partial charge in [-0.05, 0) is 58.2 Å². The summed E-state index contributed by atoms with van der Waals surface area (Å²) in [5.74, 6) is 0.496. The SMILES string of the molecule is CCOc1cccc(C(N)c2ccc(F)c(Br)c2)c1. The van der Waals surface area contributed by atoms with Gasteiger partial charge in [0.05, 0.1) is 17.1 Å². The van der Waals surface area contributed by atoms with Crippen LogP contribution in [-0.4, -0.2) is 6.61 Å². The summed E-state index contributed by atoms with van der Waals surface area (Å²) in [5, 5.41) is 0. The van der Waals surface area contributed by atoms with Crippen molar-refractivity contribution in [2.24, 2.45) is 5.73 Å². The first kappa shape index (κ1) is 14.0. The summed E-state index contributed by atoms with van der Waals surface area (Å²) in [4.78, 5) is 0. The van der Waals surface area contributed by atoms with Crippen LogP contribution in [0.15, 0.2) is 46.9 Å². The van der Waals surface area contributed by atoms with Crippen molar-refractivity contribution in [3.63, 3.8) is 0 Å². The minimum Gasteiger partial charge on any atom is -0.494 e. The number of hydrogen-bond donors (Lipinski definition) is 1. The normalized spacial score (nSPS) is 12.2. The predicted octanol–water partition coefficient (Wildman–Crippen LogP) is 4.04. The first-order valence-electron chi connectivity index (χ1n) is 6.05. The van der Waals surface area contributed by atoms with Crippen molar-refractivity contribution in [2.45, 2.75) is 13.0 Å². The number of nitrogens with two attached hydrogens (primary N) is 1. The number of ether oxygens (including phenoxy) is 1. The Morgan fingerprint density at radius 3 is 2.63 bits per heavy atom. The molecule has 0 amide bonds. The molecule has 2 aromatic carbocycles. The van der Waals surface area contributed by atoms with Gasteiger partial charge in [-0.25, -0.2) is 4.39 Å². The molecule has 100 valence electrons. The van der Waals surface area contributed by atoms with Crippen LogP contribution >= 0.6 is 15.9 Å². The molecule has 19 heavy (non-hydrogen) atoms. The largest absolute Gasteiger partial charge is 0.494 e. The van der Waals surface area contributed by atoms with Crippen LogP contribution in [0.25, 0.3) is 0 Å². The van der Waals surface area contributed by atoms with E-state index in [1.54, 1.807) is 12.1 Å². The van der Waals surface area contributed by atoms with Crippen molar-refractivity contribution in [2.75, 3.05) is 6.61 Å². The lowest BCUT2D eigenvalue weighted by Crippen LogP contribution is -2.12. The van der Waals surface area contributed by atoms with E-state index in [0.29, 0.717) is 11.1 Å². The molecule has 0 saturated heterocycles. The minimum atomic E-state index is -0.308. The number of rotatable bonds is 4. The van der Waals surface area contributed by atoms with Gasteiger partial charge in [-0.2, -0.15) is 0 Å². The first-order valence-corrected chi connectivity index (χ1v) is 6.84. The van der Waals surface area contributed by atoms with Crippen LogP contribution < -0.4 is 10.5 Å². The van der Waals surface area contributed by atoms with Gasteiger partial charge in [-0.15, -0.1) is 0 Å². The molecule has 0 heterocycles. The van der Waals surface area contributed by atoms with Gasteiger partial charge in [0.1, 0.15) is 11.6 Å². The third-order valence-corrected chi connectivity index (χ3v) is 3.44. The fraction of sp³-hybridized carbons (Fsp3) is 0.200. The lowest BCUT2D eigenvalue weighted by molar-refractivity contribution is 0.340. The van der Waals surface area contributed by atoms with E-state index in [2.05, 4.69) is 15.9 Å². The van der Waals surface area contributed by atoms with Gasteiger partial charge in [0.2, 0.25) is 0 Å². The molecular weight excluding hydrogens is 309 g/mol. The van der Waals surface area contributed by atoms with Crippen LogP contribution in [0.4, 0.5) is 4.39 Å². The van der Waals surface area contributed by atoms with Crippen LogP contribution in [0, 0.1) is 5.82 Å². The molecule has 0 aliphatic rings. The first-order chi connectivity index (χ1) is 9.11. The van der Waals surface area contributed by atoms with E-state index in [1.165, 1.54) is 6.07 Å². The monoisotopic (exact) mass is 323 g/mol. The quantitative estimate of drug-likeness (QED) is 0.921. The van der Waals surface area contributed by atoms with Crippen molar-refractivity contribution >= 4 is 15.9 Å². The Bertz CT molecular complexity index is 574. The third kappa shape index (κ3) is 3.33. The molecule has 0 aliphatic carbocycles. The van der Waals surface area contributed by atoms with Gasteiger partial charge >= 0.3 is 0 Å². The minimum absolute atomic E-state index is 0.293. The van der Waals surface area contributed by atoms with Crippen molar-refractivity contribution in [3.8, 4) is 5.75 Å². The molecule has 0 aromatic heterocycles. The van der Waals surface area contributed by atoms with Gasteiger partial charge in [0, 0.05) is 0 Å². The fourth-order valence-corrected chi connectivity index (χ4v) is 2.26. The van der Waals surface area contributed by atoms with Gasteiger partial charge in [-0.3, -0.25) is 0 Å². The van der Waals surface area contributed by atoms with Crippen molar-refractivity contribution in [3.05, 3.63) is 63.9 Å². The molecule has 0 saturated carbocycles. The van der Waals surface area contributed by atoms with Crippen molar-refractivity contribution in [1.82, 2.24) is 0 Å². The molecule has 0 radical (unpaired) electrons. The zero-order chi connectivity index (χ0) is 13.8. The van der Waals surface area contributed by atoms with E-state index in [9.17, 15) is 4.39 Å². The topological polar surface area (TPSA) is 35.2 Å². The summed E-state index contributed by atoms with van der Waals surface area (Å²) in [6, 6.07) is 12.1. The molecule has 0 fully saturated rings. The zero-order valence-electron chi connectivity index (χ0n) is 10.6. The molecule has 0 aliphatic heterocycles. The smallest absolute Gasteiger partial charge is 0.137 e. The van der Waals surface area contributed by atoms with Gasteiger partial charge in [0.15, 0.2) is 0 Å². The van der Waals surface area contributed by atoms with Gasteiger partial charge < -0.3 is 10.5 Å². The van der Waals surface area contributed by atoms with Crippen LogP contribution in [0.1, 0.15) is 24.1 Å². The summed E-state index contributed by atoms with van der Waals surface area (Å²) in [6.07, 6.45) is 0. The highest BCUT2D eigenvalue weighted by Crippen LogP contribution is 2.26. The Morgan fingerprint density at radius 1 is 1.21 bits per heavy atom. The fourth-order valence-electron chi connectivity index (χ4n) is 1.86. The standard InChI is InChI=1S/C15H15BrFNO/c1-2-19-12-5-3-4-10(8-12)15(18)11-6-7-14(17)13(16)9-11/h3-9,15H,2,18H2,1H3. The maximum absolute atomic E-state index is 13.2. The van der Waals surface area contributed by atoms with Crippen molar-refractivity contribution in [1.29, 1.82) is 0 Å². The molecule has 4 heteroatoms. The average Bonchev–Trinajstić information content (AvgIpc) is 2.42. The predicted molar refractivity (Wildman–Crippen MR) is 77.7 cm³/mol. The zero-order valence-corrected chi connectivity index (χ0v) is 12.2. The lowest BCUT2D eigenvalue weighted by atomic mass is 9.99. The summed E-state index contributed by atoms with van der Waals surface area (Å²) in [7, 11) is 0. The molecule has 2 nitrogen and oxygen atoms in total. The summed E-state index contributed by atoms with van der Waals surface area (Å²) in [6.45, 7) is 2.55. The molecule has 1 unspecified atom stereocenters. The second-order valence-corrected chi connectivity index (χ2v) is 5.01. The second-order valence-electron chi connectivity index (χ2n) is 4.16. The molecule has 2 rings (SSSR count). The van der Waals surface area contributed by atoms with Gasteiger partial charge in [0.25, 0.3) is 0 Å². The summed E-state index contributed by atoms with van der Waals surface area (Å²) in [5.41, 5.74) is 7.99.